The van der Waals surface area contributed by atoms with Crippen LogP contribution in [0.5, 0.6) is 0 Å². The Kier molecular flexibility index (Phi) is 2.90. The normalized spacial score (nSPS) is 29.0. The molecule has 0 aliphatic carbocycles. The van der Waals surface area contributed by atoms with Crippen molar-refractivity contribution in [2.75, 3.05) is 19.5 Å². The first-order valence-electron chi connectivity index (χ1n) is 3.87. The second-order valence-electron chi connectivity index (χ2n) is 2.91. The van der Waals surface area contributed by atoms with Crippen LogP contribution in [0.4, 0.5) is 0 Å². The Bertz CT molecular complexity index is 208. The van der Waals surface area contributed by atoms with Crippen LogP contribution in [-0.2, 0) is 14.6 Å². The molecule has 0 N–H and O–H groups in total. The molecule has 1 rings (SSSR count). The van der Waals surface area contributed by atoms with Crippen molar-refractivity contribution in [1.82, 2.24) is 0 Å². The summed E-state index contributed by atoms with van der Waals surface area (Å²) in [6, 6.07) is 0. The third kappa shape index (κ3) is 2.17. The molecule has 1 aliphatic heterocycles. The number of hydrogen-bond acceptors (Lipinski definition) is 3. The third-order valence-electron chi connectivity index (χ3n) is 2.11. The lowest BCUT2D eigenvalue weighted by Gasteiger charge is -2.06. The van der Waals surface area contributed by atoms with Gasteiger partial charge in [0.1, 0.15) is 0 Å². The molecule has 1 saturated heterocycles. The molecular formula is C7H14O3S. The predicted molar refractivity (Wildman–Crippen MR) is 43.3 cm³/mol. The van der Waals surface area contributed by atoms with Crippen molar-refractivity contribution >= 4 is 9.84 Å². The van der Waals surface area contributed by atoms with Gasteiger partial charge in [-0.1, -0.05) is 0 Å². The van der Waals surface area contributed by atoms with E-state index in [-0.39, 0.29) is 5.25 Å². The molecule has 0 saturated carbocycles. The van der Waals surface area contributed by atoms with Crippen LogP contribution in [0.2, 0.25) is 0 Å². The molecule has 0 spiro atoms. The van der Waals surface area contributed by atoms with Gasteiger partial charge in [-0.2, -0.15) is 0 Å². The fourth-order valence-corrected chi connectivity index (χ4v) is 3.32. The molecule has 66 valence electrons. The lowest BCUT2D eigenvalue weighted by molar-refractivity contribution is 0.193. The maximum Gasteiger partial charge on any atom is 0.153 e. The quantitative estimate of drug-likeness (QED) is 0.635. The summed E-state index contributed by atoms with van der Waals surface area (Å²) in [6.45, 7) is 0.559. The van der Waals surface area contributed by atoms with E-state index in [1.165, 1.54) is 0 Å². The Balaban J connectivity index is 2.45. The predicted octanol–water partition coefficient (Wildman–Crippen LogP) is 0.600. The summed E-state index contributed by atoms with van der Waals surface area (Å²) in [5.74, 6) is 0.376. The minimum atomic E-state index is -2.74. The van der Waals surface area contributed by atoms with Crippen LogP contribution in [0, 0.1) is 0 Å². The lowest BCUT2D eigenvalue weighted by atomic mass is 10.2. The van der Waals surface area contributed by atoms with Gasteiger partial charge < -0.3 is 4.74 Å². The zero-order valence-corrected chi connectivity index (χ0v) is 7.56. The summed E-state index contributed by atoms with van der Waals surface area (Å²) in [5, 5.41) is -0.123. The van der Waals surface area contributed by atoms with E-state index in [1.807, 2.05) is 0 Å². The summed E-state index contributed by atoms with van der Waals surface area (Å²) in [4.78, 5) is 0. The van der Waals surface area contributed by atoms with Crippen LogP contribution in [-0.4, -0.2) is 33.1 Å². The van der Waals surface area contributed by atoms with Crippen LogP contribution in [0.25, 0.3) is 0 Å². The number of ether oxygens (including phenoxy) is 1. The molecule has 0 aromatic rings. The van der Waals surface area contributed by atoms with Crippen molar-refractivity contribution in [3.63, 3.8) is 0 Å². The van der Waals surface area contributed by atoms with Crippen molar-refractivity contribution < 1.29 is 13.2 Å². The smallest absolute Gasteiger partial charge is 0.153 e. The standard InChI is InChI=1S/C7H14O3S/c1-10-5-4-7-3-2-6-11(7,8)9/h7H,2-6H2,1H3. The van der Waals surface area contributed by atoms with Crippen molar-refractivity contribution in [2.24, 2.45) is 0 Å². The molecule has 0 aromatic carbocycles. The molecule has 0 amide bonds. The molecule has 1 atom stereocenters. The van der Waals surface area contributed by atoms with Gasteiger partial charge in [-0.3, -0.25) is 0 Å². The summed E-state index contributed by atoms with van der Waals surface area (Å²) in [5.41, 5.74) is 0. The van der Waals surface area contributed by atoms with Gasteiger partial charge in [-0.05, 0) is 19.3 Å². The topological polar surface area (TPSA) is 43.4 Å². The number of methoxy groups -OCH3 is 1. The summed E-state index contributed by atoms with van der Waals surface area (Å²) in [6.07, 6.45) is 2.32. The zero-order valence-electron chi connectivity index (χ0n) is 6.75. The fourth-order valence-electron chi connectivity index (χ4n) is 1.43. The van der Waals surface area contributed by atoms with Gasteiger partial charge in [0.25, 0.3) is 0 Å². The van der Waals surface area contributed by atoms with E-state index in [0.717, 1.165) is 12.8 Å². The van der Waals surface area contributed by atoms with Crippen LogP contribution < -0.4 is 0 Å². The van der Waals surface area contributed by atoms with Gasteiger partial charge >= 0.3 is 0 Å². The molecule has 1 aliphatic rings. The van der Waals surface area contributed by atoms with Gasteiger partial charge in [0.15, 0.2) is 9.84 Å². The SMILES string of the molecule is COCCC1CCCS1(=O)=O. The number of hydrogen-bond donors (Lipinski definition) is 0. The van der Waals surface area contributed by atoms with E-state index < -0.39 is 9.84 Å². The molecule has 0 aromatic heterocycles. The Morgan fingerprint density at radius 3 is 2.73 bits per heavy atom. The second kappa shape index (κ2) is 3.54. The molecule has 3 nitrogen and oxygen atoms in total. The Labute approximate surface area is 67.7 Å². The van der Waals surface area contributed by atoms with Gasteiger partial charge in [-0.15, -0.1) is 0 Å². The van der Waals surface area contributed by atoms with Crippen LogP contribution in [0.1, 0.15) is 19.3 Å². The highest BCUT2D eigenvalue weighted by Gasteiger charge is 2.30. The highest BCUT2D eigenvalue weighted by molar-refractivity contribution is 7.92. The van der Waals surface area contributed by atoms with E-state index >= 15 is 0 Å². The van der Waals surface area contributed by atoms with Crippen LogP contribution in [0.15, 0.2) is 0 Å². The van der Waals surface area contributed by atoms with Crippen LogP contribution in [0.3, 0.4) is 0 Å². The van der Waals surface area contributed by atoms with Gasteiger partial charge in [0.05, 0.1) is 11.0 Å². The molecule has 1 heterocycles. The maximum atomic E-state index is 11.2. The largest absolute Gasteiger partial charge is 0.385 e. The van der Waals surface area contributed by atoms with E-state index in [1.54, 1.807) is 7.11 Å². The first-order valence-corrected chi connectivity index (χ1v) is 5.59. The minimum Gasteiger partial charge on any atom is -0.385 e. The minimum absolute atomic E-state index is 0.123. The molecule has 1 fully saturated rings. The van der Waals surface area contributed by atoms with E-state index in [0.29, 0.717) is 18.8 Å². The first-order chi connectivity index (χ1) is 5.17. The Morgan fingerprint density at radius 1 is 1.55 bits per heavy atom. The van der Waals surface area contributed by atoms with Gasteiger partial charge in [-0.25, -0.2) is 8.42 Å². The van der Waals surface area contributed by atoms with E-state index in [4.69, 9.17) is 4.74 Å². The molecule has 1 unspecified atom stereocenters. The fraction of sp³-hybridized carbons (Fsp3) is 1.00. The second-order valence-corrected chi connectivity index (χ2v) is 5.31. The van der Waals surface area contributed by atoms with E-state index in [9.17, 15) is 8.42 Å². The van der Waals surface area contributed by atoms with E-state index in [2.05, 4.69) is 0 Å². The number of sulfone groups is 1. The molecule has 0 radical (unpaired) electrons. The molecule has 11 heavy (non-hydrogen) atoms. The molecule has 4 heteroatoms. The first kappa shape index (κ1) is 9.00. The highest BCUT2D eigenvalue weighted by Crippen LogP contribution is 2.22. The third-order valence-corrected chi connectivity index (χ3v) is 4.45. The maximum absolute atomic E-state index is 11.2. The average molecular weight is 178 g/mol. The summed E-state index contributed by atoms with van der Waals surface area (Å²) in [7, 11) is -1.14. The summed E-state index contributed by atoms with van der Waals surface area (Å²) >= 11 is 0. The lowest BCUT2D eigenvalue weighted by Crippen LogP contribution is -2.17. The van der Waals surface area contributed by atoms with Crippen molar-refractivity contribution in [1.29, 1.82) is 0 Å². The average Bonchev–Trinajstić information content (AvgIpc) is 2.25. The van der Waals surface area contributed by atoms with Gasteiger partial charge in [0, 0.05) is 13.7 Å². The van der Waals surface area contributed by atoms with Crippen molar-refractivity contribution in [3.8, 4) is 0 Å². The highest BCUT2D eigenvalue weighted by atomic mass is 32.2. The monoisotopic (exact) mass is 178 g/mol. The Hall–Kier alpha value is -0.0900. The summed E-state index contributed by atoms with van der Waals surface area (Å²) < 4.78 is 27.3. The molecular weight excluding hydrogens is 164 g/mol. The van der Waals surface area contributed by atoms with Crippen LogP contribution >= 0.6 is 0 Å². The van der Waals surface area contributed by atoms with Crippen molar-refractivity contribution in [3.05, 3.63) is 0 Å². The van der Waals surface area contributed by atoms with Crippen molar-refractivity contribution in [2.45, 2.75) is 24.5 Å². The molecule has 0 bridgehead atoms. The zero-order chi connectivity index (χ0) is 8.32. The Morgan fingerprint density at radius 2 is 2.27 bits per heavy atom. The van der Waals surface area contributed by atoms with Gasteiger partial charge in [0.2, 0.25) is 0 Å². The number of rotatable bonds is 3.